The van der Waals surface area contributed by atoms with E-state index in [0.29, 0.717) is 23.3 Å². The van der Waals surface area contributed by atoms with Crippen LogP contribution in [-0.2, 0) is 0 Å². The molecule has 6 nitrogen and oxygen atoms in total. The van der Waals surface area contributed by atoms with Crippen molar-refractivity contribution in [3.63, 3.8) is 0 Å². The zero-order chi connectivity index (χ0) is 11.4. The van der Waals surface area contributed by atoms with Crippen molar-refractivity contribution in [3.8, 4) is 0 Å². The number of thiocarbonyl (C=S) groups is 2. The summed E-state index contributed by atoms with van der Waals surface area (Å²) in [5.74, 6) is 0. The van der Waals surface area contributed by atoms with Crippen LogP contribution in [0.1, 0.15) is 0 Å². The monoisotopic (exact) mass is 398 g/mol. The van der Waals surface area contributed by atoms with Gasteiger partial charge in [-0.1, -0.05) is 0 Å². The first-order valence-corrected chi connectivity index (χ1v) is 4.96. The molecule has 0 heterocycles. The van der Waals surface area contributed by atoms with E-state index in [1.54, 1.807) is 0 Å². The van der Waals surface area contributed by atoms with Crippen molar-refractivity contribution in [1.82, 2.24) is 10.6 Å². The van der Waals surface area contributed by atoms with Gasteiger partial charge in [0, 0.05) is 50.6 Å². The maximum absolute atomic E-state index is 5.13. The molecule has 0 fully saturated rings. The van der Waals surface area contributed by atoms with E-state index in [-0.39, 0.29) is 34.0 Å². The van der Waals surface area contributed by atoms with Gasteiger partial charge in [-0.2, -0.15) is 0 Å². The molecule has 12 N–H and O–H groups in total. The highest BCUT2D eigenvalue weighted by atomic mass is 79.9. The second-order valence-electron chi connectivity index (χ2n) is 2.28. The fraction of sp³-hybridized carbons (Fsp3) is 0.667. The maximum Gasteiger partial charge on any atom is 0.264 e. The third-order valence-electron chi connectivity index (χ3n) is 0.933. The molecule has 0 unspecified atom stereocenters. The van der Waals surface area contributed by atoms with Crippen LogP contribution in [-0.4, -0.2) is 36.4 Å². The lowest BCUT2D eigenvalue weighted by molar-refractivity contribution is -0.215. The molecule has 10 heteroatoms. The summed E-state index contributed by atoms with van der Waals surface area (Å²) in [4.78, 5) is 0. The lowest BCUT2D eigenvalue weighted by atomic mass is 10.7. The highest BCUT2D eigenvalue weighted by Crippen LogP contribution is 1.50. The van der Waals surface area contributed by atoms with Gasteiger partial charge < -0.3 is 67.5 Å². The Morgan fingerprint density at radius 3 is 1.19 bits per heavy atom. The van der Waals surface area contributed by atoms with Crippen LogP contribution >= 0.6 is 24.4 Å². The third-order valence-corrected chi connectivity index (χ3v) is 1.22. The first-order valence-electron chi connectivity index (χ1n) is 4.14. The average molecular weight is 400 g/mol. The van der Waals surface area contributed by atoms with Gasteiger partial charge in [0.2, 0.25) is 0 Å². The number of nitrogens with two attached hydrogens (primary N) is 2. The van der Waals surface area contributed by atoms with Crippen LogP contribution in [0.15, 0.2) is 0 Å². The van der Waals surface area contributed by atoms with Crippen molar-refractivity contribution in [2.75, 3.05) is 26.2 Å². The standard InChI is InChI=1S/2C3H9N3S.2BrH/c2*4-1-2-6-3(5)7;;/h2*1-2,4H2,(H3,5,6,7);2*1H. The van der Waals surface area contributed by atoms with E-state index in [1.165, 1.54) is 0 Å². The quantitative estimate of drug-likeness (QED) is 0.260. The molecule has 100 valence electrons. The van der Waals surface area contributed by atoms with Crippen molar-refractivity contribution in [3.05, 3.63) is 0 Å². The number of quaternary nitrogens is 2. The second-order valence-corrected chi connectivity index (χ2v) is 3.26. The van der Waals surface area contributed by atoms with Gasteiger partial charge in [0.25, 0.3) is 10.2 Å². The molecule has 16 heavy (non-hydrogen) atoms. The van der Waals surface area contributed by atoms with Gasteiger partial charge in [0.05, 0.1) is 0 Å². The normalized spacial score (nSPS) is 7.25. The van der Waals surface area contributed by atoms with E-state index in [0.717, 1.165) is 13.1 Å². The summed E-state index contributed by atoms with van der Waals surface area (Å²) >= 11 is 9.17. The minimum atomic E-state index is 0. The number of rotatable bonds is 4. The van der Waals surface area contributed by atoms with Crippen molar-refractivity contribution in [2.24, 2.45) is 11.5 Å². The van der Waals surface area contributed by atoms with E-state index >= 15 is 0 Å². The minimum Gasteiger partial charge on any atom is -1.00 e. The highest BCUT2D eigenvalue weighted by molar-refractivity contribution is 7.80. The van der Waals surface area contributed by atoms with Crippen molar-refractivity contribution in [2.45, 2.75) is 0 Å². The average Bonchev–Trinajstić information content (AvgIpc) is 2.12. The molecule has 0 atom stereocenters. The molecule has 0 aromatic rings. The SMILES string of the molecule is NCCNC([NH3+])=S.NCCNC([NH3+])=S.[Br-].[Br-]. The molecular weight excluding hydrogens is 380 g/mol. The molecule has 0 spiro atoms. The summed E-state index contributed by atoms with van der Waals surface area (Å²) in [6.45, 7) is 2.66. The zero-order valence-corrected chi connectivity index (χ0v) is 13.8. The van der Waals surface area contributed by atoms with E-state index in [1.807, 2.05) is 0 Å². The first kappa shape index (κ1) is 25.4. The van der Waals surface area contributed by atoms with Gasteiger partial charge in [-0.3, -0.25) is 0 Å². The molecule has 0 aliphatic heterocycles. The molecule has 0 aliphatic rings. The van der Waals surface area contributed by atoms with Crippen LogP contribution in [0.2, 0.25) is 0 Å². The first-order chi connectivity index (χ1) is 6.54. The minimum absolute atomic E-state index is 0. The fourth-order valence-corrected chi connectivity index (χ4v) is 0.627. The van der Waals surface area contributed by atoms with Gasteiger partial charge in [-0.25, -0.2) is 0 Å². The molecular formula is C6H20Br2N6S2. The van der Waals surface area contributed by atoms with Gasteiger partial charge in [0.15, 0.2) is 0 Å². The topological polar surface area (TPSA) is 131 Å². The van der Waals surface area contributed by atoms with Gasteiger partial charge in [-0.15, -0.1) is 0 Å². The lowest BCUT2D eigenvalue weighted by Crippen LogP contribution is -3.00. The Morgan fingerprint density at radius 2 is 1.12 bits per heavy atom. The van der Waals surface area contributed by atoms with E-state index in [2.05, 4.69) is 46.5 Å². The molecule has 0 radical (unpaired) electrons. The van der Waals surface area contributed by atoms with Gasteiger partial charge in [0.1, 0.15) is 0 Å². The number of halogens is 2. The molecule has 0 aromatic carbocycles. The Bertz CT molecular complexity index is 153. The summed E-state index contributed by atoms with van der Waals surface area (Å²) in [5, 5.41) is 6.70. The summed E-state index contributed by atoms with van der Waals surface area (Å²) < 4.78 is 0. The molecule has 0 aliphatic carbocycles. The van der Waals surface area contributed by atoms with Crippen LogP contribution in [0, 0.1) is 0 Å². The highest BCUT2D eigenvalue weighted by Gasteiger charge is 1.84. The Hall–Kier alpha value is 0.580. The zero-order valence-electron chi connectivity index (χ0n) is 8.97. The van der Waals surface area contributed by atoms with Crippen molar-refractivity contribution >= 4 is 34.7 Å². The molecule has 0 amide bonds. The predicted molar refractivity (Wildman–Crippen MR) is 65.1 cm³/mol. The smallest absolute Gasteiger partial charge is 0.264 e. The second kappa shape index (κ2) is 20.9. The van der Waals surface area contributed by atoms with Crippen LogP contribution in [0.25, 0.3) is 0 Å². The largest absolute Gasteiger partial charge is 1.00 e. The summed E-state index contributed by atoms with van der Waals surface area (Å²) in [6, 6.07) is 0. The van der Waals surface area contributed by atoms with E-state index in [9.17, 15) is 0 Å². The number of hydrogen-bond donors (Lipinski definition) is 6. The Kier molecular flexibility index (Phi) is 33.3. The fourth-order valence-electron chi connectivity index (χ4n) is 0.423. The van der Waals surface area contributed by atoms with E-state index in [4.69, 9.17) is 11.5 Å². The van der Waals surface area contributed by atoms with Crippen molar-refractivity contribution < 1.29 is 45.4 Å². The van der Waals surface area contributed by atoms with Gasteiger partial charge in [-0.05, 0) is 0 Å². The maximum atomic E-state index is 5.13. The van der Waals surface area contributed by atoms with Crippen LogP contribution < -0.4 is 67.5 Å². The molecule has 0 saturated carbocycles. The van der Waals surface area contributed by atoms with Crippen LogP contribution in [0.5, 0.6) is 0 Å². The van der Waals surface area contributed by atoms with Crippen molar-refractivity contribution in [1.29, 1.82) is 0 Å². The molecule has 0 saturated heterocycles. The third kappa shape index (κ3) is 36.5. The predicted octanol–water partition coefficient (Wildman–Crippen LogP) is -9.87. The van der Waals surface area contributed by atoms with Crippen LogP contribution in [0.4, 0.5) is 0 Å². The number of nitrogens with one attached hydrogen (secondary N) is 2. The van der Waals surface area contributed by atoms with Gasteiger partial charge >= 0.3 is 0 Å². The van der Waals surface area contributed by atoms with Crippen LogP contribution in [0.3, 0.4) is 0 Å². The lowest BCUT2D eigenvalue weighted by Gasteiger charge is -1.93. The Morgan fingerprint density at radius 1 is 0.875 bits per heavy atom. The van der Waals surface area contributed by atoms with E-state index < -0.39 is 0 Å². The molecule has 0 bridgehead atoms. The number of hydrogen-bond acceptors (Lipinski definition) is 4. The summed E-state index contributed by atoms with van der Waals surface area (Å²) in [5.41, 5.74) is 17.1. The summed E-state index contributed by atoms with van der Waals surface area (Å²) in [6.07, 6.45) is 0. The Labute approximate surface area is 128 Å². The summed E-state index contributed by atoms with van der Waals surface area (Å²) in [7, 11) is 0. The molecule has 0 rings (SSSR count). The Balaban J connectivity index is -0.0000000800. The molecule has 0 aromatic heterocycles.